The smallest absolute Gasteiger partial charge is 0.337 e. The molecule has 0 aliphatic carbocycles. The first-order chi connectivity index (χ1) is 9.45. The zero-order valence-corrected chi connectivity index (χ0v) is 11.5. The van der Waals surface area contributed by atoms with Crippen molar-refractivity contribution in [2.75, 3.05) is 14.2 Å². The van der Waals surface area contributed by atoms with Gasteiger partial charge < -0.3 is 20.1 Å². The molecular formula is C14H16N2O4. The number of phenolic OH excluding ortho intramolecular Hbond substituents is 1. The molecule has 6 heteroatoms. The molecule has 2 rings (SSSR count). The lowest BCUT2D eigenvalue weighted by molar-refractivity contribution is -0.136. The van der Waals surface area contributed by atoms with Gasteiger partial charge in [0, 0.05) is 12.7 Å². The first-order valence-electron chi connectivity index (χ1n) is 6.08. The number of benzene rings is 1. The number of ether oxygens (including phenoxy) is 1. The van der Waals surface area contributed by atoms with Crippen LogP contribution < -0.4 is 5.32 Å². The largest absolute Gasteiger partial charge is 0.508 e. The molecule has 1 atom stereocenters. The van der Waals surface area contributed by atoms with Crippen LogP contribution in [0.25, 0.3) is 0 Å². The van der Waals surface area contributed by atoms with Crippen molar-refractivity contribution in [3.05, 3.63) is 41.1 Å². The summed E-state index contributed by atoms with van der Waals surface area (Å²) in [6.45, 7) is 1.68. The topological polar surface area (TPSA) is 78.9 Å². The van der Waals surface area contributed by atoms with E-state index in [9.17, 15) is 14.7 Å². The summed E-state index contributed by atoms with van der Waals surface area (Å²) in [7, 11) is 2.87. The molecule has 1 aromatic rings. The summed E-state index contributed by atoms with van der Waals surface area (Å²) < 4.78 is 4.79. The highest BCUT2D eigenvalue weighted by Gasteiger charge is 2.34. The Balaban J connectivity index is 2.55. The summed E-state index contributed by atoms with van der Waals surface area (Å²) in [4.78, 5) is 25.2. The van der Waals surface area contributed by atoms with Gasteiger partial charge in [-0.3, -0.25) is 0 Å². The van der Waals surface area contributed by atoms with Gasteiger partial charge in [-0.25, -0.2) is 9.59 Å². The lowest BCUT2D eigenvalue weighted by Crippen LogP contribution is -2.46. The summed E-state index contributed by atoms with van der Waals surface area (Å²) in [5, 5.41) is 12.3. The Hall–Kier alpha value is -2.50. The van der Waals surface area contributed by atoms with Crippen LogP contribution in [0.4, 0.5) is 4.79 Å². The fourth-order valence-electron chi connectivity index (χ4n) is 2.16. The molecule has 106 valence electrons. The second-order valence-corrected chi connectivity index (χ2v) is 4.53. The number of methoxy groups -OCH3 is 1. The van der Waals surface area contributed by atoms with Crippen LogP contribution in [0.5, 0.6) is 5.75 Å². The van der Waals surface area contributed by atoms with E-state index in [1.165, 1.54) is 24.1 Å². The summed E-state index contributed by atoms with van der Waals surface area (Å²) in [6.07, 6.45) is 0. The van der Waals surface area contributed by atoms with Crippen molar-refractivity contribution in [3.63, 3.8) is 0 Å². The molecule has 0 aromatic heterocycles. The van der Waals surface area contributed by atoms with Crippen LogP contribution in [0.3, 0.4) is 0 Å². The van der Waals surface area contributed by atoms with Crippen LogP contribution in [0.1, 0.15) is 18.5 Å². The number of allylic oxidation sites excluding steroid dienone is 1. The number of rotatable bonds is 2. The number of hydrogen-bond acceptors (Lipinski definition) is 4. The molecule has 6 nitrogen and oxygen atoms in total. The van der Waals surface area contributed by atoms with Gasteiger partial charge in [0.2, 0.25) is 0 Å². The van der Waals surface area contributed by atoms with Gasteiger partial charge in [0.05, 0.1) is 18.7 Å². The summed E-state index contributed by atoms with van der Waals surface area (Å²) in [5.74, 6) is -0.444. The predicted molar refractivity (Wildman–Crippen MR) is 71.9 cm³/mol. The second-order valence-electron chi connectivity index (χ2n) is 4.53. The Morgan fingerprint density at radius 1 is 1.45 bits per heavy atom. The van der Waals surface area contributed by atoms with Crippen LogP contribution in [-0.2, 0) is 9.53 Å². The van der Waals surface area contributed by atoms with E-state index in [0.717, 1.165) is 0 Å². The maximum Gasteiger partial charge on any atom is 0.337 e. The van der Waals surface area contributed by atoms with E-state index in [0.29, 0.717) is 16.8 Å². The Bertz CT molecular complexity index is 595. The first kappa shape index (κ1) is 13.9. The number of nitrogens with zero attached hydrogens (tertiary/aromatic N) is 1. The van der Waals surface area contributed by atoms with Gasteiger partial charge >= 0.3 is 12.0 Å². The highest BCUT2D eigenvalue weighted by molar-refractivity contribution is 5.94. The van der Waals surface area contributed by atoms with Gasteiger partial charge in [0.25, 0.3) is 0 Å². The summed E-state index contributed by atoms with van der Waals surface area (Å²) >= 11 is 0. The van der Waals surface area contributed by atoms with Gasteiger partial charge in [-0.1, -0.05) is 12.1 Å². The second kappa shape index (κ2) is 5.24. The molecule has 1 aliphatic heterocycles. The minimum atomic E-state index is -0.641. The molecule has 20 heavy (non-hydrogen) atoms. The Kier molecular flexibility index (Phi) is 3.65. The van der Waals surface area contributed by atoms with Crippen molar-refractivity contribution in [1.82, 2.24) is 10.2 Å². The number of phenols is 1. The molecule has 0 saturated heterocycles. The molecular weight excluding hydrogens is 260 g/mol. The van der Waals surface area contributed by atoms with Gasteiger partial charge in [-0.15, -0.1) is 0 Å². The van der Waals surface area contributed by atoms with Crippen LogP contribution >= 0.6 is 0 Å². The van der Waals surface area contributed by atoms with Crippen molar-refractivity contribution in [1.29, 1.82) is 0 Å². The summed E-state index contributed by atoms with van der Waals surface area (Å²) in [5.41, 5.74) is 1.49. The minimum absolute atomic E-state index is 0.0672. The van der Waals surface area contributed by atoms with Gasteiger partial charge in [0.1, 0.15) is 5.75 Å². The third-order valence-electron chi connectivity index (χ3n) is 3.36. The lowest BCUT2D eigenvalue weighted by atomic mass is 9.95. The van der Waals surface area contributed by atoms with E-state index in [1.807, 2.05) is 0 Å². The van der Waals surface area contributed by atoms with Gasteiger partial charge in [-0.2, -0.15) is 0 Å². The van der Waals surface area contributed by atoms with Crippen molar-refractivity contribution < 1.29 is 19.4 Å². The van der Waals surface area contributed by atoms with Crippen LogP contribution in [0, 0.1) is 0 Å². The first-order valence-corrected chi connectivity index (χ1v) is 6.08. The quantitative estimate of drug-likeness (QED) is 0.803. The minimum Gasteiger partial charge on any atom is -0.508 e. The highest BCUT2D eigenvalue weighted by Crippen LogP contribution is 2.31. The number of amides is 2. The standard InChI is InChI=1S/C14H16N2O4/c1-8-11(13(18)20-3)12(15-14(19)16(8)2)9-5-4-6-10(17)7-9/h4-7,12,17H,1-3H3,(H,15,19). The van der Waals surface area contributed by atoms with E-state index in [4.69, 9.17) is 4.74 Å². The molecule has 1 aromatic carbocycles. The van der Waals surface area contributed by atoms with E-state index >= 15 is 0 Å². The van der Waals surface area contributed by atoms with Crippen LogP contribution in [0.2, 0.25) is 0 Å². The molecule has 1 heterocycles. The normalized spacial score (nSPS) is 18.9. The molecule has 1 unspecified atom stereocenters. The molecule has 2 N–H and O–H groups in total. The fraction of sp³-hybridized carbons (Fsp3) is 0.286. The predicted octanol–water partition coefficient (Wildman–Crippen LogP) is 1.54. The van der Waals surface area contributed by atoms with Crippen molar-refractivity contribution in [2.45, 2.75) is 13.0 Å². The zero-order chi connectivity index (χ0) is 14.9. The molecule has 0 bridgehead atoms. The number of hydrogen-bond donors (Lipinski definition) is 2. The van der Waals surface area contributed by atoms with E-state index in [-0.39, 0.29) is 11.8 Å². The molecule has 0 radical (unpaired) electrons. The number of carbonyl (C=O) groups is 2. The maximum absolute atomic E-state index is 12.0. The Morgan fingerprint density at radius 2 is 2.15 bits per heavy atom. The Morgan fingerprint density at radius 3 is 2.75 bits per heavy atom. The number of urea groups is 1. The molecule has 0 spiro atoms. The third kappa shape index (κ3) is 2.32. The van der Waals surface area contributed by atoms with Crippen molar-refractivity contribution in [2.24, 2.45) is 0 Å². The van der Waals surface area contributed by atoms with Crippen LogP contribution in [0.15, 0.2) is 35.5 Å². The number of aromatic hydroxyl groups is 1. The van der Waals surface area contributed by atoms with Gasteiger partial charge in [0.15, 0.2) is 0 Å². The SMILES string of the molecule is COC(=O)C1=C(C)N(C)C(=O)NC1c1cccc(O)c1. The van der Waals surface area contributed by atoms with Crippen molar-refractivity contribution >= 4 is 12.0 Å². The summed E-state index contributed by atoms with van der Waals surface area (Å²) in [6, 6.07) is 5.45. The Labute approximate surface area is 116 Å². The molecule has 0 saturated carbocycles. The number of esters is 1. The van der Waals surface area contributed by atoms with Crippen LogP contribution in [-0.4, -0.2) is 36.2 Å². The average molecular weight is 276 g/mol. The van der Waals surface area contributed by atoms with E-state index in [2.05, 4.69) is 5.32 Å². The maximum atomic E-state index is 12.0. The third-order valence-corrected chi connectivity index (χ3v) is 3.36. The number of nitrogens with one attached hydrogen (secondary N) is 1. The molecule has 2 amide bonds. The van der Waals surface area contributed by atoms with Crippen molar-refractivity contribution in [3.8, 4) is 5.75 Å². The fourth-order valence-corrected chi connectivity index (χ4v) is 2.16. The van der Waals surface area contributed by atoms with Gasteiger partial charge in [-0.05, 0) is 24.6 Å². The molecule has 1 aliphatic rings. The number of carbonyl (C=O) groups excluding carboxylic acids is 2. The van der Waals surface area contributed by atoms with E-state index in [1.54, 1.807) is 26.1 Å². The monoisotopic (exact) mass is 276 g/mol. The molecule has 0 fully saturated rings. The average Bonchev–Trinajstić information content (AvgIpc) is 2.43. The zero-order valence-electron chi connectivity index (χ0n) is 11.5. The highest BCUT2D eigenvalue weighted by atomic mass is 16.5. The van der Waals surface area contributed by atoms with E-state index < -0.39 is 12.0 Å². The lowest BCUT2D eigenvalue weighted by Gasteiger charge is -2.33.